The van der Waals surface area contributed by atoms with Gasteiger partial charge < -0.3 is 20.1 Å². The Morgan fingerprint density at radius 3 is 1.66 bits per heavy atom. The van der Waals surface area contributed by atoms with Crippen LogP contribution in [0.5, 0.6) is 0 Å². The van der Waals surface area contributed by atoms with E-state index < -0.39 is 19.9 Å². The van der Waals surface area contributed by atoms with Crippen LogP contribution in [0.2, 0.25) is 0 Å². The number of carbonyl (C=O) groups excluding carboxylic acids is 1. The monoisotopic (exact) mass is 724 g/mol. The maximum absolute atomic E-state index is 12.5. The molecule has 0 spiro atoms. The third-order valence-electron chi connectivity index (χ3n) is 7.97. The van der Waals surface area contributed by atoms with Crippen molar-refractivity contribution in [1.82, 2.24) is 0 Å². The Balaban J connectivity index is 4.22. The SMILES string of the molecule is CCCCC/C=C\C/C=C\C/C=C\CCCCC(=O)O[C@H](CO/C=C\CCCCCCCC/C=C\CCCCCC)COP(=O)(O)OCCN. The average molecular weight is 724 g/mol. The highest BCUT2D eigenvalue weighted by molar-refractivity contribution is 7.47. The summed E-state index contributed by atoms with van der Waals surface area (Å²) in [4.78, 5) is 22.4. The van der Waals surface area contributed by atoms with Crippen LogP contribution in [-0.2, 0) is 27.9 Å². The lowest BCUT2D eigenvalue weighted by atomic mass is 10.1. The highest BCUT2D eigenvalue weighted by Gasteiger charge is 2.25. The van der Waals surface area contributed by atoms with Crippen molar-refractivity contribution in [3.8, 4) is 0 Å². The zero-order chi connectivity index (χ0) is 36.6. The zero-order valence-electron chi connectivity index (χ0n) is 31.9. The molecule has 0 aromatic heterocycles. The van der Waals surface area contributed by atoms with Crippen molar-refractivity contribution >= 4 is 13.8 Å². The third kappa shape index (κ3) is 37.3. The summed E-state index contributed by atoms with van der Waals surface area (Å²) in [5, 5.41) is 0. The van der Waals surface area contributed by atoms with Gasteiger partial charge in [-0.2, -0.15) is 0 Å². The predicted octanol–water partition coefficient (Wildman–Crippen LogP) is 11.8. The van der Waals surface area contributed by atoms with Crippen LogP contribution in [0.1, 0.15) is 162 Å². The molecule has 50 heavy (non-hydrogen) atoms. The number of rotatable bonds is 37. The number of allylic oxidation sites excluding steroid dienone is 9. The number of phosphoric ester groups is 1. The largest absolute Gasteiger partial charge is 0.498 e. The Morgan fingerprint density at radius 1 is 0.620 bits per heavy atom. The van der Waals surface area contributed by atoms with E-state index in [2.05, 4.69) is 62.5 Å². The highest BCUT2D eigenvalue weighted by Crippen LogP contribution is 2.43. The van der Waals surface area contributed by atoms with Crippen LogP contribution < -0.4 is 5.73 Å². The predicted molar refractivity (Wildman–Crippen MR) is 210 cm³/mol. The molecule has 8 nitrogen and oxygen atoms in total. The standard InChI is InChI=1S/C41H74NO7P/c1-3-5-7-9-11-13-15-17-19-21-23-25-27-29-31-33-36-46-38-40(39-48-50(44,45)47-37-35-42)49-41(43)34-32-30-28-26-24-22-20-18-16-14-12-10-8-6-4-2/h12-15,18,20,24,26,33,36,40H,3-11,16-17,19,21-23,25,27-32,34-35,37-39,42H2,1-2H3,(H,44,45)/b14-12-,15-13-,20-18-,26-24-,36-33-/t40-/m1/s1. The van der Waals surface area contributed by atoms with Gasteiger partial charge in [-0.05, 0) is 89.5 Å². The second-order valence-electron chi connectivity index (χ2n) is 12.8. The van der Waals surface area contributed by atoms with Crippen molar-refractivity contribution in [2.24, 2.45) is 5.73 Å². The Bertz CT molecular complexity index is 947. The summed E-state index contributed by atoms with van der Waals surface area (Å²) in [5.41, 5.74) is 5.35. The number of ether oxygens (including phenoxy) is 2. The van der Waals surface area contributed by atoms with Gasteiger partial charge in [-0.3, -0.25) is 13.8 Å². The topological polar surface area (TPSA) is 117 Å². The highest BCUT2D eigenvalue weighted by atomic mass is 31.2. The second-order valence-corrected chi connectivity index (χ2v) is 14.3. The molecule has 0 saturated carbocycles. The van der Waals surface area contributed by atoms with E-state index in [1.807, 2.05) is 6.08 Å². The maximum atomic E-state index is 12.5. The van der Waals surface area contributed by atoms with Gasteiger partial charge in [-0.25, -0.2) is 4.57 Å². The lowest BCUT2D eigenvalue weighted by Gasteiger charge is -2.19. The summed E-state index contributed by atoms with van der Waals surface area (Å²) in [5.74, 6) is -0.394. The molecule has 2 atom stereocenters. The maximum Gasteiger partial charge on any atom is 0.472 e. The summed E-state index contributed by atoms with van der Waals surface area (Å²) in [6.45, 7) is 4.13. The van der Waals surface area contributed by atoms with Crippen molar-refractivity contribution in [3.05, 3.63) is 60.9 Å². The fraction of sp³-hybridized carbons (Fsp3) is 0.732. The minimum Gasteiger partial charge on any atom is -0.498 e. The molecule has 0 fully saturated rings. The van der Waals surface area contributed by atoms with E-state index in [1.165, 1.54) is 96.3 Å². The number of phosphoric acid groups is 1. The first-order chi connectivity index (χ1) is 24.4. The number of hydrogen-bond donors (Lipinski definition) is 2. The van der Waals surface area contributed by atoms with E-state index in [0.717, 1.165) is 38.5 Å². The molecule has 0 amide bonds. The fourth-order valence-electron chi connectivity index (χ4n) is 5.02. The van der Waals surface area contributed by atoms with E-state index in [-0.39, 0.29) is 32.8 Å². The number of hydrogen-bond acceptors (Lipinski definition) is 7. The summed E-state index contributed by atoms with van der Waals surface area (Å²) in [6.07, 6.45) is 46.1. The molecule has 0 saturated heterocycles. The summed E-state index contributed by atoms with van der Waals surface area (Å²) in [7, 11) is -4.30. The van der Waals surface area contributed by atoms with Crippen LogP contribution in [-0.4, -0.2) is 43.3 Å². The van der Waals surface area contributed by atoms with Crippen LogP contribution in [0.25, 0.3) is 0 Å². The molecular weight excluding hydrogens is 649 g/mol. The first kappa shape index (κ1) is 48.0. The molecule has 0 aromatic carbocycles. The fourth-order valence-corrected chi connectivity index (χ4v) is 5.79. The molecular formula is C41H74NO7P. The molecule has 1 unspecified atom stereocenters. The Labute approximate surface area is 306 Å². The zero-order valence-corrected chi connectivity index (χ0v) is 32.8. The van der Waals surface area contributed by atoms with Crippen molar-refractivity contribution in [2.45, 2.75) is 168 Å². The van der Waals surface area contributed by atoms with Crippen molar-refractivity contribution in [3.63, 3.8) is 0 Å². The van der Waals surface area contributed by atoms with Gasteiger partial charge in [0, 0.05) is 13.0 Å². The molecule has 0 aliphatic rings. The van der Waals surface area contributed by atoms with Crippen LogP contribution in [0.3, 0.4) is 0 Å². The molecule has 3 N–H and O–H groups in total. The van der Waals surface area contributed by atoms with Crippen molar-refractivity contribution in [2.75, 3.05) is 26.4 Å². The molecule has 9 heteroatoms. The van der Waals surface area contributed by atoms with Crippen LogP contribution >= 0.6 is 7.82 Å². The first-order valence-corrected chi connectivity index (χ1v) is 21.3. The minimum atomic E-state index is -4.30. The van der Waals surface area contributed by atoms with Crippen molar-refractivity contribution < 1.29 is 32.8 Å². The Morgan fingerprint density at radius 2 is 1.08 bits per heavy atom. The van der Waals surface area contributed by atoms with Gasteiger partial charge >= 0.3 is 13.8 Å². The third-order valence-corrected chi connectivity index (χ3v) is 8.96. The molecule has 0 bridgehead atoms. The number of esters is 1. The Kier molecular flexibility index (Phi) is 36.8. The molecule has 290 valence electrons. The molecule has 0 heterocycles. The molecule has 0 radical (unpaired) electrons. The molecule has 0 aliphatic heterocycles. The number of carbonyl (C=O) groups is 1. The lowest BCUT2D eigenvalue weighted by molar-refractivity contribution is -0.153. The Hall–Kier alpha value is -1.96. The smallest absolute Gasteiger partial charge is 0.472 e. The van der Waals surface area contributed by atoms with E-state index in [4.69, 9.17) is 24.3 Å². The van der Waals surface area contributed by atoms with Crippen LogP contribution in [0.15, 0.2) is 60.9 Å². The van der Waals surface area contributed by atoms with Gasteiger partial charge in [-0.1, -0.05) is 120 Å². The number of nitrogens with two attached hydrogens (primary N) is 1. The molecule has 0 aromatic rings. The number of unbranched alkanes of at least 4 members (excludes halogenated alkanes) is 16. The van der Waals surface area contributed by atoms with Gasteiger partial charge in [0.2, 0.25) is 0 Å². The lowest BCUT2D eigenvalue weighted by Crippen LogP contribution is -2.27. The quantitative estimate of drug-likeness (QED) is 0.0214. The second kappa shape index (κ2) is 38.3. The van der Waals surface area contributed by atoms with Gasteiger partial charge in [0.05, 0.1) is 19.5 Å². The van der Waals surface area contributed by atoms with Gasteiger partial charge in [0.25, 0.3) is 0 Å². The van der Waals surface area contributed by atoms with E-state index in [0.29, 0.717) is 6.42 Å². The summed E-state index contributed by atoms with van der Waals surface area (Å²) >= 11 is 0. The average Bonchev–Trinajstić information content (AvgIpc) is 3.10. The van der Waals surface area contributed by atoms with E-state index in [9.17, 15) is 14.3 Å². The molecule has 0 rings (SSSR count). The molecule has 0 aliphatic carbocycles. The first-order valence-electron chi connectivity index (χ1n) is 19.8. The van der Waals surface area contributed by atoms with Gasteiger partial charge in [0.1, 0.15) is 6.61 Å². The van der Waals surface area contributed by atoms with E-state index in [1.54, 1.807) is 6.26 Å². The van der Waals surface area contributed by atoms with E-state index >= 15 is 0 Å². The minimum absolute atomic E-state index is 0.0111. The van der Waals surface area contributed by atoms with Crippen LogP contribution in [0, 0.1) is 0 Å². The van der Waals surface area contributed by atoms with Gasteiger partial charge in [-0.15, -0.1) is 0 Å². The van der Waals surface area contributed by atoms with Crippen molar-refractivity contribution in [1.29, 1.82) is 0 Å². The van der Waals surface area contributed by atoms with Gasteiger partial charge in [0.15, 0.2) is 6.10 Å². The normalized spacial score (nSPS) is 14.2. The summed E-state index contributed by atoms with van der Waals surface area (Å²) in [6, 6.07) is 0. The summed E-state index contributed by atoms with van der Waals surface area (Å²) < 4.78 is 33.0. The van der Waals surface area contributed by atoms with Crippen LogP contribution in [0.4, 0.5) is 0 Å².